The van der Waals surface area contributed by atoms with E-state index in [1.807, 2.05) is 60.7 Å². The fourth-order valence-electron chi connectivity index (χ4n) is 5.17. The number of benzene rings is 3. The summed E-state index contributed by atoms with van der Waals surface area (Å²) in [5.41, 5.74) is 5.79. The molecule has 0 aliphatic carbocycles. The van der Waals surface area contributed by atoms with Crippen molar-refractivity contribution >= 4 is 17.1 Å². The molecule has 1 aliphatic heterocycles. The molecule has 0 amide bonds. The Morgan fingerprint density at radius 3 is 1.90 bits per heavy atom. The van der Waals surface area contributed by atoms with Gasteiger partial charge in [0, 0.05) is 0 Å². The van der Waals surface area contributed by atoms with Gasteiger partial charge in [0.05, 0.1) is 14.1 Å². The smallest absolute Gasteiger partial charge is 0.335 e. The second-order valence-corrected chi connectivity index (χ2v) is 10.6. The Kier molecular flexibility index (Phi) is 9.40. The number of carbonyl (C=O) groups is 1. The van der Waals surface area contributed by atoms with Gasteiger partial charge in [0.25, 0.3) is 0 Å². The molecule has 1 heterocycles. The lowest BCUT2D eigenvalue weighted by Crippen LogP contribution is -2.68. The highest BCUT2D eigenvalue weighted by molar-refractivity contribution is 5.98. The third-order valence-electron chi connectivity index (χ3n) is 7.44. The van der Waals surface area contributed by atoms with Crippen LogP contribution in [0.25, 0.3) is 11.1 Å². The number of rotatable bonds is 10. The van der Waals surface area contributed by atoms with E-state index in [4.69, 9.17) is 9.47 Å². The van der Waals surface area contributed by atoms with Gasteiger partial charge in [-0.3, -0.25) is 4.48 Å². The zero-order chi connectivity index (χ0) is 28.9. The SMILES string of the molecule is CC/C(=C(/c1ccccc1)c1ccc(OCC[N+](C)(C)[C@@H]2O[C@H](C(=O)O)[C@@H](O)C(O)C2O)cc1)c1ccccc1. The number of carboxylic acids is 1. The molecule has 1 saturated heterocycles. The molecule has 2 unspecified atom stereocenters. The largest absolute Gasteiger partial charge is 0.488 e. The summed E-state index contributed by atoms with van der Waals surface area (Å²) >= 11 is 0. The van der Waals surface area contributed by atoms with Gasteiger partial charge in [-0.1, -0.05) is 79.7 Å². The average Bonchev–Trinajstić information content (AvgIpc) is 2.95. The summed E-state index contributed by atoms with van der Waals surface area (Å²) in [7, 11) is 3.49. The molecule has 5 atom stereocenters. The van der Waals surface area contributed by atoms with E-state index in [-0.39, 0.29) is 11.1 Å². The molecule has 1 aliphatic rings. The lowest BCUT2D eigenvalue weighted by atomic mass is 9.88. The molecular formula is C32H38NO7+. The number of aliphatic hydroxyl groups excluding tert-OH is 3. The van der Waals surface area contributed by atoms with Crippen LogP contribution in [-0.4, -0.2) is 88.8 Å². The van der Waals surface area contributed by atoms with E-state index in [0.717, 1.165) is 23.1 Å². The summed E-state index contributed by atoms with van der Waals surface area (Å²) in [4.78, 5) is 11.5. The van der Waals surface area contributed by atoms with Crippen molar-refractivity contribution in [3.05, 3.63) is 102 Å². The third-order valence-corrected chi connectivity index (χ3v) is 7.44. The quantitative estimate of drug-likeness (QED) is 0.227. The van der Waals surface area contributed by atoms with Crippen molar-refractivity contribution in [1.29, 1.82) is 0 Å². The molecule has 212 valence electrons. The van der Waals surface area contributed by atoms with Crippen LogP contribution in [0.1, 0.15) is 30.0 Å². The maximum Gasteiger partial charge on any atom is 0.335 e. The van der Waals surface area contributed by atoms with Gasteiger partial charge in [-0.25, -0.2) is 4.79 Å². The van der Waals surface area contributed by atoms with E-state index < -0.39 is 36.6 Å². The molecule has 3 aromatic rings. The van der Waals surface area contributed by atoms with Crippen molar-refractivity contribution in [2.24, 2.45) is 0 Å². The lowest BCUT2D eigenvalue weighted by molar-refractivity contribution is -0.944. The fourth-order valence-corrected chi connectivity index (χ4v) is 5.17. The number of likely N-dealkylation sites (N-methyl/N-ethyl adjacent to an activating group) is 1. The van der Waals surface area contributed by atoms with Gasteiger partial charge in [0.1, 0.15) is 31.1 Å². The normalized spacial score (nSPS) is 23.8. The molecule has 8 nitrogen and oxygen atoms in total. The number of quaternary nitrogens is 1. The number of hydrogen-bond acceptors (Lipinski definition) is 6. The van der Waals surface area contributed by atoms with Crippen LogP contribution >= 0.6 is 0 Å². The Bertz CT molecular complexity index is 1290. The molecule has 0 radical (unpaired) electrons. The predicted octanol–water partition coefficient (Wildman–Crippen LogP) is 3.40. The summed E-state index contributed by atoms with van der Waals surface area (Å²) in [5.74, 6) is -0.736. The van der Waals surface area contributed by atoms with Crippen LogP contribution < -0.4 is 4.74 Å². The minimum atomic E-state index is -1.72. The second kappa shape index (κ2) is 12.8. The first-order valence-electron chi connectivity index (χ1n) is 13.5. The molecule has 3 aromatic carbocycles. The van der Waals surface area contributed by atoms with Gasteiger partial charge in [-0.2, -0.15) is 0 Å². The highest BCUT2D eigenvalue weighted by atomic mass is 16.6. The highest BCUT2D eigenvalue weighted by Gasteiger charge is 2.52. The van der Waals surface area contributed by atoms with E-state index in [2.05, 4.69) is 31.2 Å². The molecule has 1 fully saturated rings. The zero-order valence-corrected chi connectivity index (χ0v) is 23.1. The fraction of sp³-hybridized carbons (Fsp3) is 0.344. The predicted molar refractivity (Wildman–Crippen MR) is 152 cm³/mol. The van der Waals surface area contributed by atoms with Crippen LogP contribution in [-0.2, 0) is 9.53 Å². The topological polar surface area (TPSA) is 116 Å². The van der Waals surface area contributed by atoms with E-state index in [9.17, 15) is 25.2 Å². The number of ether oxygens (including phenoxy) is 2. The maximum absolute atomic E-state index is 11.5. The van der Waals surface area contributed by atoms with E-state index in [0.29, 0.717) is 12.3 Å². The van der Waals surface area contributed by atoms with Crippen LogP contribution in [0, 0.1) is 0 Å². The minimum absolute atomic E-state index is 0.0185. The van der Waals surface area contributed by atoms with Gasteiger partial charge in [-0.05, 0) is 46.4 Å². The monoisotopic (exact) mass is 548 g/mol. The Hall–Kier alpha value is -3.53. The first kappa shape index (κ1) is 29.5. The molecule has 8 heteroatoms. The Balaban J connectivity index is 1.50. The van der Waals surface area contributed by atoms with Crippen LogP contribution in [0.2, 0.25) is 0 Å². The number of allylic oxidation sites excluding steroid dienone is 1. The van der Waals surface area contributed by atoms with Gasteiger partial charge < -0.3 is 29.9 Å². The molecule has 0 bridgehead atoms. The standard InChI is InChI=1S/C32H37NO7/c1-4-25(21-11-7-5-8-12-21)26(22-13-9-6-10-14-22)23-15-17-24(18-16-23)39-20-19-33(2,3)31-29(36)27(34)28(35)30(40-31)32(37)38/h5-18,27-31,34-36H,4,19-20H2,1-3H3/p+1/b26-25+/t27?,28-,29?,30-,31+/m0/s1. The van der Waals surface area contributed by atoms with Crippen molar-refractivity contribution < 1.29 is 39.2 Å². The van der Waals surface area contributed by atoms with E-state index in [1.165, 1.54) is 11.1 Å². The summed E-state index contributed by atoms with van der Waals surface area (Å²) in [5, 5.41) is 40.0. The summed E-state index contributed by atoms with van der Waals surface area (Å²) in [6.07, 6.45) is -6.65. The van der Waals surface area contributed by atoms with Crippen molar-refractivity contribution in [1.82, 2.24) is 0 Å². The minimum Gasteiger partial charge on any atom is -0.488 e. The number of aliphatic carboxylic acids is 1. The molecule has 0 aromatic heterocycles. The molecular weight excluding hydrogens is 510 g/mol. The third kappa shape index (κ3) is 6.43. The van der Waals surface area contributed by atoms with Gasteiger partial charge in [-0.15, -0.1) is 0 Å². The summed E-state index contributed by atoms with van der Waals surface area (Å²) < 4.78 is 11.5. The summed E-state index contributed by atoms with van der Waals surface area (Å²) in [6.45, 7) is 2.76. The molecule has 0 spiro atoms. The van der Waals surface area contributed by atoms with Crippen LogP contribution in [0.15, 0.2) is 84.9 Å². The zero-order valence-electron chi connectivity index (χ0n) is 23.1. The number of aliphatic hydroxyl groups is 3. The van der Waals surface area contributed by atoms with Crippen molar-refractivity contribution in [3.8, 4) is 5.75 Å². The van der Waals surface area contributed by atoms with E-state index >= 15 is 0 Å². The maximum atomic E-state index is 11.5. The summed E-state index contributed by atoms with van der Waals surface area (Å²) in [6, 6.07) is 28.6. The van der Waals surface area contributed by atoms with Crippen molar-refractivity contribution in [2.75, 3.05) is 27.2 Å². The van der Waals surface area contributed by atoms with Gasteiger partial charge >= 0.3 is 5.97 Å². The highest BCUT2D eigenvalue weighted by Crippen LogP contribution is 2.35. The average molecular weight is 549 g/mol. The molecule has 4 rings (SSSR count). The van der Waals surface area contributed by atoms with Crippen molar-refractivity contribution in [3.63, 3.8) is 0 Å². The molecule has 40 heavy (non-hydrogen) atoms. The molecule has 4 N–H and O–H groups in total. The van der Waals surface area contributed by atoms with Gasteiger partial charge in [0.2, 0.25) is 6.23 Å². The Morgan fingerprint density at radius 2 is 1.35 bits per heavy atom. The van der Waals surface area contributed by atoms with Crippen LogP contribution in [0.4, 0.5) is 0 Å². The lowest BCUT2D eigenvalue weighted by Gasteiger charge is -2.46. The van der Waals surface area contributed by atoms with Crippen LogP contribution in [0.5, 0.6) is 5.75 Å². The van der Waals surface area contributed by atoms with E-state index in [1.54, 1.807) is 14.1 Å². The van der Waals surface area contributed by atoms with Gasteiger partial charge in [0.15, 0.2) is 12.2 Å². The molecule has 0 saturated carbocycles. The first-order chi connectivity index (χ1) is 19.1. The Labute approximate surface area is 234 Å². The number of carboxylic acid groups (broad SMARTS) is 1. The number of hydrogen-bond donors (Lipinski definition) is 4. The van der Waals surface area contributed by atoms with Crippen molar-refractivity contribution in [2.45, 2.75) is 44.0 Å². The number of nitrogens with zero attached hydrogens (tertiary/aromatic N) is 1. The second-order valence-electron chi connectivity index (χ2n) is 10.6. The first-order valence-corrected chi connectivity index (χ1v) is 13.5. The Morgan fingerprint density at radius 1 is 0.800 bits per heavy atom. The van der Waals surface area contributed by atoms with Crippen LogP contribution in [0.3, 0.4) is 0 Å².